The molecule has 0 aromatic rings. The van der Waals surface area contributed by atoms with Crippen LogP contribution in [-0.4, -0.2) is 41.6 Å². The van der Waals surface area contributed by atoms with Crippen molar-refractivity contribution in [3.05, 3.63) is 0 Å². The Kier molecular flexibility index (Phi) is 5.80. The van der Waals surface area contributed by atoms with Crippen LogP contribution in [0.15, 0.2) is 0 Å². The summed E-state index contributed by atoms with van der Waals surface area (Å²) in [5, 5.41) is 11.3. The van der Waals surface area contributed by atoms with Gasteiger partial charge in [0, 0.05) is 26.1 Å². The molecule has 1 fully saturated rings. The third kappa shape index (κ3) is 6.14. The Morgan fingerprint density at radius 3 is 2.59 bits per heavy atom. The number of unbranched alkanes of at least 4 members (excludes halogenated alkanes) is 1. The van der Waals surface area contributed by atoms with E-state index in [1.165, 1.54) is 12.8 Å². The van der Waals surface area contributed by atoms with E-state index in [9.17, 15) is 9.59 Å². The van der Waals surface area contributed by atoms with Crippen LogP contribution in [-0.2, 0) is 4.79 Å². The van der Waals surface area contributed by atoms with Crippen LogP contribution < -0.4 is 5.32 Å². The molecule has 17 heavy (non-hydrogen) atoms. The van der Waals surface area contributed by atoms with Crippen molar-refractivity contribution in [2.24, 2.45) is 5.92 Å². The van der Waals surface area contributed by atoms with Crippen molar-refractivity contribution in [2.45, 2.75) is 39.0 Å². The number of carbonyl (C=O) groups excluding carboxylic acids is 1. The van der Waals surface area contributed by atoms with E-state index in [0.717, 1.165) is 19.5 Å². The van der Waals surface area contributed by atoms with Crippen LogP contribution in [0.3, 0.4) is 0 Å². The monoisotopic (exact) mass is 242 g/mol. The summed E-state index contributed by atoms with van der Waals surface area (Å²) < 4.78 is 0. The molecule has 1 aliphatic rings. The Morgan fingerprint density at radius 2 is 2.06 bits per heavy atom. The molecule has 0 unspecified atom stereocenters. The third-order valence-corrected chi connectivity index (χ3v) is 2.94. The van der Waals surface area contributed by atoms with Crippen molar-refractivity contribution in [1.82, 2.24) is 10.2 Å². The first kappa shape index (κ1) is 13.8. The Morgan fingerprint density at radius 1 is 1.35 bits per heavy atom. The van der Waals surface area contributed by atoms with Crippen molar-refractivity contribution in [2.75, 3.05) is 19.6 Å². The van der Waals surface area contributed by atoms with E-state index in [-0.39, 0.29) is 12.5 Å². The SMILES string of the molecule is CCN(CC1CC1)C(=O)NCCCCC(=O)O. The van der Waals surface area contributed by atoms with Gasteiger partial charge in [-0.05, 0) is 38.5 Å². The first-order valence-electron chi connectivity index (χ1n) is 6.38. The summed E-state index contributed by atoms with van der Waals surface area (Å²) in [5.74, 6) is -0.0760. The van der Waals surface area contributed by atoms with Gasteiger partial charge in [0.05, 0.1) is 0 Å². The predicted molar refractivity (Wildman–Crippen MR) is 64.9 cm³/mol. The highest BCUT2D eigenvalue weighted by atomic mass is 16.4. The van der Waals surface area contributed by atoms with Crippen molar-refractivity contribution in [3.63, 3.8) is 0 Å². The molecule has 98 valence electrons. The van der Waals surface area contributed by atoms with E-state index in [1.54, 1.807) is 0 Å². The minimum atomic E-state index is -0.778. The van der Waals surface area contributed by atoms with Gasteiger partial charge >= 0.3 is 12.0 Å². The van der Waals surface area contributed by atoms with E-state index < -0.39 is 5.97 Å². The number of hydrogen-bond donors (Lipinski definition) is 2. The average molecular weight is 242 g/mol. The van der Waals surface area contributed by atoms with Crippen molar-refractivity contribution < 1.29 is 14.7 Å². The summed E-state index contributed by atoms with van der Waals surface area (Å²) in [6.07, 6.45) is 3.99. The number of amides is 2. The third-order valence-electron chi connectivity index (χ3n) is 2.94. The first-order valence-corrected chi connectivity index (χ1v) is 6.38. The smallest absolute Gasteiger partial charge is 0.317 e. The standard InChI is InChI=1S/C12H22N2O3/c1-2-14(9-10-6-7-10)12(17)13-8-4-3-5-11(15)16/h10H,2-9H2,1H3,(H,13,17)(H,15,16). The maximum atomic E-state index is 11.7. The zero-order chi connectivity index (χ0) is 12.7. The number of nitrogens with one attached hydrogen (secondary N) is 1. The van der Waals surface area contributed by atoms with Crippen LogP contribution in [0.5, 0.6) is 0 Å². The lowest BCUT2D eigenvalue weighted by atomic mass is 10.2. The molecule has 0 aliphatic heterocycles. The molecular formula is C12H22N2O3. The van der Waals surface area contributed by atoms with Gasteiger partial charge < -0.3 is 15.3 Å². The number of carboxylic acid groups (broad SMARTS) is 1. The molecule has 5 nitrogen and oxygen atoms in total. The van der Waals surface area contributed by atoms with Crippen LogP contribution in [0.2, 0.25) is 0 Å². The fraction of sp³-hybridized carbons (Fsp3) is 0.833. The van der Waals surface area contributed by atoms with Crippen molar-refractivity contribution in [3.8, 4) is 0 Å². The van der Waals surface area contributed by atoms with Gasteiger partial charge in [0.25, 0.3) is 0 Å². The number of urea groups is 1. The van der Waals surface area contributed by atoms with Crippen LogP contribution in [0.4, 0.5) is 4.79 Å². The molecule has 0 bridgehead atoms. The maximum absolute atomic E-state index is 11.7. The summed E-state index contributed by atoms with van der Waals surface area (Å²) in [4.78, 5) is 23.8. The molecule has 0 radical (unpaired) electrons. The second kappa shape index (κ2) is 7.14. The molecule has 5 heteroatoms. The molecule has 2 amide bonds. The summed E-state index contributed by atoms with van der Waals surface area (Å²) in [6, 6.07) is -0.0188. The van der Waals surface area contributed by atoms with Crippen molar-refractivity contribution in [1.29, 1.82) is 0 Å². The van der Waals surface area contributed by atoms with E-state index in [1.807, 2.05) is 11.8 Å². The highest BCUT2D eigenvalue weighted by molar-refractivity contribution is 5.74. The Hall–Kier alpha value is -1.26. The van der Waals surface area contributed by atoms with Gasteiger partial charge in [-0.3, -0.25) is 4.79 Å². The molecule has 1 rings (SSSR count). The predicted octanol–water partition coefficient (Wildman–Crippen LogP) is 1.68. The molecule has 2 N–H and O–H groups in total. The van der Waals surface area contributed by atoms with Gasteiger partial charge in [-0.25, -0.2) is 4.79 Å². The zero-order valence-corrected chi connectivity index (χ0v) is 10.4. The number of aliphatic carboxylic acids is 1. The van der Waals surface area contributed by atoms with Gasteiger partial charge in [0.2, 0.25) is 0 Å². The van der Waals surface area contributed by atoms with Crippen LogP contribution in [0.25, 0.3) is 0 Å². The lowest BCUT2D eigenvalue weighted by molar-refractivity contribution is -0.137. The first-order chi connectivity index (χ1) is 8.13. The van der Waals surface area contributed by atoms with Gasteiger partial charge in [-0.15, -0.1) is 0 Å². The maximum Gasteiger partial charge on any atom is 0.317 e. The Labute approximate surface area is 102 Å². The number of carboxylic acids is 1. The molecule has 0 heterocycles. The fourth-order valence-corrected chi connectivity index (χ4v) is 1.68. The lowest BCUT2D eigenvalue weighted by Crippen LogP contribution is -2.41. The van der Waals surface area contributed by atoms with Gasteiger partial charge in [0.15, 0.2) is 0 Å². The number of hydrogen-bond acceptors (Lipinski definition) is 2. The van der Waals surface area contributed by atoms with Gasteiger partial charge in [-0.2, -0.15) is 0 Å². The lowest BCUT2D eigenvalue weighted by Gasteiger charge is -2.21. The zero-order valence-electron chi connectivity index (χ0n) is 10.4. The number of carbonyl (C=O) groups is 2. The normalized spacial score (nSPS) is 14.4. The van der Waals surface area contributed by atoms with Crippen LogP contribution in [0.1, 0.15) is 39.0 Å². The number of rotatable bonds is 8. The van der Waals surface area contributed by atoms with Gasteiger partial charge in [-0.1, -0.05) is 0 Å². The van der Waals surface area contributed by atoms with Gasteiger partial charge in [0.1, 0.15) is 0 Å². The van der Waals surface area contributed by atoms with E-state index in [4.69, 9.17) is 5.11 Å². The van der Waals surface area contributed by atoms with Crippen molar-refractivity contribution >= 4 is 12.0 Å². The fourth-order valence-electron chi connectivity index (χ4n) is 1.68. The van der Waals surface area contributed by atoms with E-state index >= 15 is 0 Å². The topological polar surface area (TPSA) is 69.6 Å². The molecule has 1 saturated carbocycles. The molecule has 0 spiro atoms. The van der Waals surface area contributed by atoms with E-state index in [2.05, 4.69) is 5.32 Å². The Balaban J connectivity index is 2.07. The molecule has 1 aliphatic carbocycles. The average Bonchev–Trinajstić information content (AvgIpc) is 3.08. The minimum absolute atomic E-state index is 0.0188. The summed E-state index contributed by atoms with van der Waals surface area (Å²) in [5.41, 5.74) is 0. The highest BCUT2D eigenvalue weighted by Gasteiger charge is 2.25. The molecule has 0 atom stereocenters. The quantitative estimate of drug-likeness (QED) is 0.636. The summed E-state index contributed by atoms with van der Waals surface area (Å²) in [7, 11) is 0. The minimum Gasteiger partial charge on any atom is -0.481 e. The summed E-state index contributed by atoms with van der Waals surface area (Å²) >= 11 is 0. The molecule has 0 saturated heterocycles. The summed E-state index contributed by atoms with van der Waals surface area (Å²) in [6.45, 7) is 4.13. The molecular weight excluding hydrogens is 220 g/mol. The second-order valence-electron chi connectivity index (χ2n) is 4.56. The van der Waals surface area contributed by atoms with Crippen LogP contribution in [0, 0.1) is 5.92 Å². The molecule has 0 aromatic heterocycles. The Bertz CT molecular complexity index is 264. The van der Waals surface area contributed by atoms with E-state index in [0.29, 0.717) is 18.9 Å². The second-order valence-corrected chi connectivity index (χ2v) is 4.56. The largest absolute Gasteiger partial charge is 0.481 e. The highest BCUT2D eigenvalue weighted by Crippen LogP contribution is 2.29. The number of nitrogens with zero attached hydrogens (tertiary/aromatic N) is 1. The molecule has 0 aromatic carbocycles. The van der Waals surface area contributed by atoms with Crippen LogP contribution >= 0.6 is 0 Å².